The molecule has 2 rings (SSSR count). The summed E-state index contributed by atoms with van der Waals surface area (Å²) < 4.78 is 4.74. The normalized spacial score (nSPS) is 18.8. The van der Waals surface area contributed by atoms with Gasteiger partial charge in [-0.3, -0.25) is 0 Å². The molecule has 1 heterocycles. The van der Waals surface area contributed by atoms with Crippen molar-refractivity contribution < 1.29 is 9.53 Å². The number of methoxy groups -OCH3 is 1. The highest BCUT2D eigenvalue weighted by atomic mass is 35.5. The highest BCUT2D eigenvalue weighted by molar-refractivity contribution is 6.35. The van der Waals surface area contributed by atoms with E-state index in [0.29, 0.717) is 10.0 Å². The summed E-state index contributed by atoms with van der Waals surface area (Å²) in [6.45, 7) is 2.69. The predicted molar refractivity (Wildman–Crippen MR) is 69.0 cm³/mol. The van der Waals surface area contributed by atoms with Crippen molar-refractivity contribution in [3.8, 4) is 0 Å². The van der Waals surface area contributed by atoms with E-state index in [-0.39, 0.29) is 12.0 Å². The summed E-state index contributed by atoms with van der Waals surface area (Å²) in [6, 6.07) is 3.37. The lowest BCUT2D eigenvalue weighted by Gasteiger charge is -2.41. The number of ether oxygens (including phenoxy) is 1. The van der Waals surface area contributed by atoms with E-state index in [1.54, 1.807) is 6.07 Å². The van der Waals surface area contributed by atoms with E-state index >= 15 is 0 Å². The van der Waals surface area contributed by atoms with Gasteiger partial charge in [-0.15, -0.1) is 0 Å². The highest BCUT2D eigenvalue weighted by Crippen LogP contribution is 2.36. The smallest absolute Gasteiger partial charge is 0.328 e. The summed E-state index contributed by atoms with van der Waals surface area (Å²) in [5.74, 6) is -0.232. The number of benzene rings is 1. The Morgan fingerprint density at radius 3 is 2.65 bits per heavy atom. The summed E-state index contributed by atoms with van der Waals surface area (Å²) in [4.78, 5) is 13.4. The molecule has 1 aromatic rings. The van der Waals surface area contributed by atoms with Crippen molar-refractivity contribution in [3.63, 3.8) is 0 Å². The molecule has 0 saturated carbocycles. The maximum Gasteiger partial charge on any atom is 0.328 e. The van der Waals surface area contributed by atoms with E-state index in [1.165, 1.54) is 7.11 Å². The summed E-state index contributed by atoms with van der Waals surface area (Å²) in [7, 11) is 1.39. The van der Waals surface area contributed by atoms with Gasteiger partial charge in [0.25, 0.3) is 0 Å². The Morgan fingerprint density at radius 1 is 1.41 bits per heavy atom. The molecule has 0 aromatic heterocycles. The lowest BCUT2D eigenvalue weighted by Crippen LogP contribution is -2.53. The number of hydrogen-bond acceptors (Lipinski definition) is 3. The van der Waals surface area contributed by atoms with E-state index in [0.717, 1.165) is 24.2 Å². The number of carbonyl (C=O) groups excluding carboxylic acids is 1. The summed E-state index contributed by atoms with van der Waals surface area (Å²) in [5, 5.41) is 1.26. The second kappa shape index (κ2) is 4.75. The van der Waals surface area contributed by atoms with Crippen LogP contribution in [0.3, 0.4) is 0 Å². The molecule has 1 aliphatic rings. The number of aryl methyl sites for hydroxylation is 1. The van der Waals surface area contributed by atoms with Crippen molar-refractivity contribution in [1.82, 2.24) is 0 Å². The molecule has 92 valence electrons. The standard InChI is InChI=1S/C12H13Cl2NO2/c1-7-5-9(14)11(6-8(7)13)15-4-3-10(15)12(16)17-2/h5-6,10H,3-4H2,1-2H3. The molecule has 0 radical (unpaired) electrons. The molecule has 5 heteroatoms. The van der Waals surface area contributed by atoms with E-state index in [4.69, 9.17) is 27.9 Å². The molecule has 1 saturated heterocycles. The fraction of sp³-hybridized carbons (Fsp3) is 0.417. The van der Waals surface area contributed by atoms with Crippen LogP contribution in [0.2, 0.25) is 10.0 Å². The Hall–Kier alpha value is -0.930. The van der Waals surface area contributed by atoms with Crippen LogP contribution in [0.5, 0.6) is 0 Å². The number of anilines is 1. The van der Waals surface area contributed by atoms with E-state index in [1.807, 2.05) is 17.9 Å². The molecular formula is C12H13Cl2NO2. The van der Waals surface area contributed by atoms with Crippen molar-refractivity contribution in [2.24, 2.45) is 0 Å². The zero-order chi connectivity index (χ0) is 12.6. The minimum absolute atomic E-state index is 0.232. The molecule has 1 unspecified atom stereocenters. The second-order valence-corrected chi connectivity index (χ2v) is 4.89. The van der Waals surface area contributed by atoms with Crippen molar-refractivity contribution in [1.29, 1.82) is 0 Å². The van der Waals surface area contributed by atoms with Crippen LogP contribution in [0.1, 0.15) is 12.0 Å². The minimum atomic E-state index is -0.240. The molecule has 1 atom stereocenters. The van der Waals surface area contributed by atoms with E-state index < -0.39 is 0 Å². The van der Waals surface area contributed by atoms with Crippen molar-refractivity contribution in [3.05, 3.63) is 27.7 Å². The number of carbonyl (C=O) groups is 1. The average molecular weight is 274 g/mol. The highest BCUT2D eigenvalue weighted by Gasteiger charge is 2.36. The monoisotopic (exact) mass is 273 g/mol. The molecular weight excluding hydrogens is 261 g/mol. The van der Waals surface area contributed by atoms with Crippen LogP contribution in [0.15, 0.2) is 12.1 Å². The molecule has 0 bridgehead atoms. The molecule has 0 N–H and O–H groups in total. The summed E-state index contributed by atoms with van der Waals surface area (Å²) >= 11 is 12.2. The van der Waals surface area contributed by atoms with Gasteiger partial charge in [0.05, 0.1) is 17.8 Å². The van der Waals surface area contributed by atoms with Crippen molar-refractivity contribution >= 4 is 34.9 Å². The van der Waals surface area contributed by atoms with E-state index in [2.05, 4.69) is 0 Å². The first kappa shape index (κ1) is 12.5. The largest absolute Gasteiger partial charge is 0.467 e. The predicted octanol–water partition coefficient (Wildman–Crippen LogP) is 3.05. The molecule has 0 aliphatic carbocycles. The van der Waals surface area contributed by atoms with Gasteiger partial charge in [0.15, 0.2) is 0 Å². The lowest BCUT2D eigenvalue weighted by molar-refractivity contribution is -0.143. The molecule has 1 fully saturated rings. The lowest BCUT2D eigenvalue weighted by atomic mass is 10.0. The summed E-state index contributed by atoms with van der Waals surface area (Å²) in [6.07, 6.45) is 0.786. The number of esters is 1. The first-order valence-electron chi connectivity index (χ1n) is 5.34. The van der Waals surface area contributed by atoms with Gasteiger partial charge in [0, 0.05) is 11.6 Å². The SMILES string of the molecule is COC(=O)C1CCN1c1cc(Cl)c(C)cc1Cl. The van der Waals surface area contributed by atoms with Gasteiger partial charge < -0.3 is 9.64 Å². The van der Waals surface area contributed by atoms with Crippen LogP contribution in [0.25, 0.3) is 0 Å². The van der Waals surface area contributed by atoms with Crippen LogP contribution in [-0.2, 0) is 9.53 Å². The van der Waals surface area contributed by atoms with Gasteiger partial charge in [0.2, 0.25) is 0 Å². The molecule has 0 amide bonds. The van der Waals surface area contributed by atoms with Gasteiger partial charge in [-0.25, -0.2) is 4.79 Å². The fourth-order valence-electron chi connectivity index (χ4n) is 1.91. The van der Waals surface area contributed by atoms with Crippen LogP contribution in [0.4, 0.5) is 5.69 Å². The van der Waals surface area contributed by atoms with Crippen LogP contribution in [0, 0.1) is 6.92 Å². The van der Waals surface area contributed by atoms with Gasteiger partial charge in [-0.2, -0.15) is 0 Å². The van der Waals surface area contributed by atoms with Crippen molar-refractivity contribution in [2.75, 3.05) is 18.6 Å². The quantitative estimate of drug-likeness (QED) is 0.776. The summed E-state index contributed by atoms with van der Waals surface area (Å²) in [5.41, 5.74) is 1.72. The third kappa shape index (κ3) is 2.22. The minimum Gasteiger partial charge on any atom is -0.467 e. The number of nitrogens with zero attached hydrogens (tertiary/aromatic N) is 1. The number of halogens is 2. The van der Waals surface area contributed by atoms with Gasteiger partial charge >= 0.3 is 5.97 Å². The average Bonchev–Trinajstić information content (AvgIpc) is 2.24. The Balaban J connectivity index is 2.29. The molecule has 0 spiro atoms. The third-order valence-electron chi connectivity index (χ3n) is 3.03. The van der Waals surface area contributed by atoms with Gasteiger partial charge in [-0.1, -0.05) is 23.2 Å². The first-order valence-corrected chi connectivity index (χ1v) is 6.10. The Labute approximate surface area is 110 Å². The number of rotatable bonds is 2. The molecule has 3 nitrogen and oxygen atoms in total. The van der Waals surface area contributed by atoms with Crippen LogP contribution >= 0.6 is 23.2 Å². The Bertz CT molecular complexity index is 462. The fourth-order valence-corrected chi connectivity index (χ4v) is 2.40. The maximum atomic E-state index is 11.5. The van der Waals surface area contributed by atoms with E-state index in [9.17, 15) is 4.79 Å². The zero-order valence-electron chi connectivity index (χ0n) is 9.67. The number of hydrogen-bond donors (Lipinski definition) is 0. The van der Waals surface area contributed by atoms with Gasteiger partial charge in [0.1, 0.15) is 6.04 Å². The molecule has 17 heavy (non-hydrogen) atoms. The van der Waals surface area contributed by atoms with Gasteiger partial charge in [-0.05, 0) is 31.0 Å². The van der Waals surface area contributed by atoms with Crippen LogP contribution < -0.4 is 4.90 Å². The molecule has 1 aromatic carbocycles. The molecule has 1 aliphatic heterocycles. The topological polar surface area (TPSA) is 29.5 Å². The third-order valence-corrected chi connectivity index (χ3v) is 3.74. The Kier molecular flexibility index (Phi) is 3.50. The van der Waals surface area contributed by atoms with Crippen molar-refractivity contribution in [2.45, 2.75) is 19.4 Å². The zero-order valence-corrected chi connectivity index (χ0v) is 11.2. The van der Waals surface area contributed by atoms with Crippen LogP contribution in [-0.4, -0.2) is 25.7 Å². The Morgan fingerprint density at radius 2 is 2.12 bits per heavy atom. The maximum absolute atomic E-state index is 11.5. The first-order chi connectivity index (χ1) is 8.04. The second-order valence-electron chi connectivity index (χ2n) is 4.07.